The highest BCUT2D eigenvalue weighted by molar-refractivity contribution is 7.99. The van der Waals surface area contributed by atoms with Crippen LogP contribution in [0.4, 0.5) is 0 Å². The standard InChI is InChI=1S/C16H31N3O5S/c1-4-17-6-9-23-11-12-24-10-7-18-15(21)5-8-19(13-20)16(22)14(2)25-3/h13-14,17H,4-12H2,1-3H3,(H,18,21). The van der Waals surface area contributed by atoms with Crippen molar-refractivity contribution in [2.75, 3.05) is 58.9 Å². The number of nitrogens with one attached hydrogen (secondary N) is 2. The zero-order valence-corrected chi connectivity index (χ0v) is 16.2. The Hall–Kier alpha value is -1.16. The summed E-state index contributed by atoms with van der Waals surface area (Å²) in [7, 11) is 0. The Labute approximate surface area is 154 Å². The zero-order chi connectivity index (χ0) is 18.9. The van der Waals surface area contributed by atoms with Crippen LogP contribution in [0.3, 0.4) is 0 Å². The predicted molar refractivity (Wildman–Crippen MR) is 98.6 cm³/mol. The van der Waals surface area contributed by atoms with E-state index >= 15 is 0 Å². The molecule has 9 heteroatoms. The van der Waals surface area contributed by atoms with E-state index < -0.39 is 0 Å². The number of carbonyl (C=O) groups is 3. The summed E-state index contributed by atoms with van der Waals surface area (Å²) in [4.78, 5) is 35.6. The van der Waals surface area contributed by atoms with E-state index in [2.05, 4.69) is 10.6 Å². The van der Waals surface area contributed by atoms with Gasteiger partial charge in [0.1, 0.15) is 0 Å². The van der Waals surface area contributed by atoms with Crippen LogP contribution in [-0.4, -0.2) is 87.2 Å². The molecule has 0 fully saturated rings. The van der Waals surface area contributed by atoms with Crippen molar-refractivity contribution in [3.05, 3.63) is 0 Å². The summed E-state index contributed by atoms with van der Waals surface area (Å²) >= 11 is 1.36. The average Bonchev–Trinajstić information content (AvgIpc) is 2.62. The molecule has 0 radical (unpaired) electrons. The lowest BCUT2D eigenvalue weighted by Crippen LogP contribution is -2.38. The maximum Gasteiger partial charge on any atom is 0.241 e. The van der Waals surface area contributed by atoms with Gasteiger partial charge in [0.05, 0.1) is 31.7 Å². The van der Waals surface area contributed by atoms with Gasteiger partial charge < -0.3 is 20.1 Å². The zero-order valence-electron chi connectivity index (χ0n) is 15.4. The Morgan fingerprint density at radius 1 is 1.16 bits per heavy atom. The molecule has 146 valence electrons. The molecule has 0 aliphatic heterocycles. The van der Waals surface area contributed by atoms with Gasteiger partial charge in [-0.05, 0) is 19.7 Å². The van der Waals surface area contributed by atoms with E-state index in [4.69, 9.17) is 9.47 Å². The Bertz CT molecular complexity index is 385. The molecule has 0 aromatic heterocycles. The van der Waals surface area contributed by atoms with Crippen LogP contribution in [0.25, 0.3) is 0 Å². The summed E-state index contributed by atoms with van der Waals surface area (Å²) in [6.07, 6.45) is 2.35. The van der Waals surface area contributed by atoms with Gasteiger partial charge in [-0.1, -0.05) is 6.92 Å². The molecular formula is C16H31N3O5S. The average molecular weight is 378 g/mol. The summed E-state index contributed by atoms with van der Waals surface area (Å²) in [6.45, 7) is 8.01. The molecule has 0 heterocycles. The normalized spacial score (nSPS) is 11.8. The molecule has 1 unspecified atom stereocenters. The monoisotopic (exact) mass is 377 g/mol. The number of thioether (sulfide) groups is 1. The van der Waals surface area contributed by atoms with Crippen LogP contribution in [-0.2, 0) is 23.9 Å². The molecule has 25 heavy (non-hydrogen) atoms. The number of rotatable bonds is 16. The van der Waals surface area contributed by atoms with Crippen molar-refractivity contribution in [2.45, 2.75) is 25.5 Å². The summed E-state index contributed by atoms with van der Waals surface area (Å²) in [6, 6.07) is 0. The molecule has 0 rings (SSSR count). The lowest BCUT2D eigenvalue weighted by atomic mass is 10.3. The Kier molecular flexibility index (Phi) is 15.6. The molecule has 0 aromatic carbocycles. The molecule has 2 N–H and O–H groups in total. The van der Waals surface area contributed by atoms with Crippen LogP contribution < -0.4 is 10.6 Å². The lowest BCUT2D eigenvalue weighted by Gasteiger charge is -2.18. The van der Waals surface area contributed by atoms with E-state index in [1.165, 1.54) is 11.8 Å². The molecule has 0 bridgehead atoms. The van der Waals surface area contributed by atoms with E-state index in [9.17, 15) is 14.4 Å². The number of nitrogens with zero attached hydrogens (tertiary/aromatic N) is 1. The van der Waals surface area contributed by atoms with E-state index in [1.54, 1.807) is 13.2 Å². The van der Waals surface area contributed by atoms with Crippen molar-refractivity contribution in [3.63, 3.8) is 0 Å². The van der Waals surface area contributed by atoms with Gasteiger partial charge in [0, 0.05) is 26.1 Å². The summed E-state index contributed by atoms with van der Waals surface area (Å²) in [5.74, 6) is -0.505. The fourth-order valence-electron chi connectivity index (χ4n) is 1.77. The second-order valence-electron chi connectivity index (χ2n) is 5.19. The van der Waals surface area contributed by atoms with Gasteiger partial charge in [0.2, 0.25) is 18.2 Å². The molecule has 0 aromatic rings. The van der Waals surface area contributed by atoms with Gasteiger partial charge in [-0.25, -0.2) is 0 Å². The number of ether oxygens (including phenoxy) is 2. The Balaban J connectivity index is 3.63. The minimum atomic E-state index is -0.304. The van der Waals surface area contributed by atoms with E-state index in [0.717, 1.165) is 18.0 Å². The highest BCUT2D eigenvalue weighted by atomic mass is 32.2. The third kappa shape index (κ3) is 12.8. The van der Waals surface area contributed by atoms with Crippen LogP contribution in [0.2, 0.25) is 0 Å². The molecule has 0 saturated carbocycles. The summed E-state index contributed by atoms with van der Waals surface area (Å²) < 4.78 is 10.7. The highest BCUT2D eigenvalue weighted by Crippen LogP contribution is 2.08. The van der Waals surface area contributed by atoms with Crippen molar-refractivity contribution in [1.82, 2.24) is 15.5 Å². The fraction of sp³-hybridized carbons (Fsp3) is 0.812. The van der Waals surface area contributed by atoms with E-state index in [0.29, 0.717) is 39.4 Å². The van der Waals surface area contributed by atoms with Gasteiger partial charge in [-0.2, -0.15) is 11.8 Å². The number of carbonyl (C=O) groups excluding carboxylic acids is 3. The Morgan fingerprint density at radius 3 is 2.36 bits per heavy atom. The molecule has 0 saturated heterocycles. The molecule has 0 spiro atoms. The second kappa shape index (κ2) is 16.3. The molecule has 1 atom stereocenters. The first-order valence-corrected chi connectivity index (χ1v) is 9.77. The van der Waals surface area contributed by atoms with Gasteiger partial charge >= 0.3 is 0 Å². The minimum Gasteiger partial charge on any atom is -0.378 e. The van der Waals surface area contributed by atoms with Crippen molar-refractivity contribution >= 4 is 30.0 Å². The number of hydrogen-bond acceptors (Lipinski definition) is 7. The summed E-state index contributed by atoms with van der Waals surface area (Å²) in [5.41, 5.74) is 0. The largest absolute Gasteiger partial charge is 0.378 e. The molecule has 0 aliphatic rings. The van der Waals surface area contributed by atoms with Gasteiger partial charge in [-0.15, -0.1) is 0 Å². The maximum absolute atomic E-state index is 11.9. The highest BCUT2D eigenvalue weighted by Gasteiger charge is 2.19. The summed E-state index contributed by atoms with van der Waals surface area (Å²) in [5, 5.41) is 5.54. The SMILES string of the molecule is CCNCCOCCOCCNC(=O)CCN(C=O)C(=O)C(C)SC. The van der Waals surface area contributed by atoms with Crippen LogP contribution in [0.1, 0.15) is 20.3 Å². The molecule has 8 nitrogen and oxygen atoms in total. The molecular weight excluding hydrogens is 346 g/mol. The van der Waals surface area contributed by atoms with Gasteiger partial charge in [-0.3, -0.25) is 19.3 Å². The van der Waals surface area contributed by atoms with Gasteiger partial charge in [0.25, 0.3) is 0 Å². The first kappa shape index (κ1) is 23.8. The topological polar surface area (TPSA) is 97.0 Å². The van der Waals surface area contributed by atoms with Crippen LogP contribution in [0, 0.1) is 0 Å². The van der Waals surface area contributed by atoms with Crippen molar-refractivity contribution in [2.24, 2.45) is 0 Å². The van der Waals surface area contributed by atoms with E-state index in [1.807, 2.05) is 6.92 Å². The Morgan fingerprint density at radius 2 is 1.80 bits per heavy atom. The lowest BCUT2D eigenvalue weighted by molar-refractivity contribution is -0.137. The number of hydrogen-bond donors (Lipinski definition) is 2. The number of imide groups is 1. The number of likely N-dealkylation sites (N-methyl/N-ethyl adjacent to an activating group) is 1. The predicted octanol–water partition coefficient (Wildman–Crippen LogP) is -0.128. The van der Waals surface area contributed by atoms with Crippen LogP contribution >= 0.6 is 11.8 Å². The third-order valence-corrected chi connectivity index (χ3v) is 4.21. The van der Waals surface area contributed by atoms with Crippen LogP contribution in [0.15, 0.2) is 0 Å². The first-order valence-electron chi connectivity index (χ1n) is 8.48. The maximum atomic E-state index is 11.9. The quantitative estimate of drug-likeness (QED) is 0.286. The van der Waals surface area contributed by atoms with Gasteiger partial charge in [0.15, 0.2) is 0 Å². The van der Waals surface area contributed by atoms with Crippen LogP contribution in [0.5, 0.6) is 0 Å². The van der Waals surface area contributed by atoms with Crippen molar-refractivity contribution < 1.29 is 23.9 Å². The molecule has 3 amide bonds. The smallest absolute Gasteiger partial charge is 0.241 e. The minimum absolute atomic E-state index is 0.0825. The van der Waals surface area contributed by atoms with E-state index in [-0.39, 0.29) is 30.0 Å². The fourth-order valence-corrected chi connectivity index (χ4v) is 2.10. The molecule has 0 aliphatic carbocycles. The third-order valence-electron chi connectivity index (χ3n) is 3.31. The van der Waals surface area contributed by atoms with Crippen molar-refractivity contribution in [1.29, 1.82) is 0 Å². The number of amides is 3. The first-order chi connectivity index (χ1) is 12.1. The van der Waals surface area contributed by atoms with Crippen molar-refractivity contribution in [3.8, 4) is 0 Å². The second-order valence-corrected chi connectivity index (χ2v) is 6.37.